The van der Waals surface area contributed by atoms with E-state index in [0.717, 1.165) is 22.6 Å². The Kier molecular flexibility index (Phi) is 75.8. The Morgan fingerprint density at radius 2 is 0.656 bits per heavy atom. The second kappa shape index (κ2) is 82.8. The van der Waals surface area contributed by atoms with Crippen LogP contribution in [0.1, 0.15) is 64.9 Å². The van der Waals surface area contributed by atoms with Crippen molar-refractivity contribution >= 4 is 53.3 Å². The number of hydrogen-bond donors (Lipinski definition) is 8. The Hall–Kier alpha value is -6.44. The molecule has 0 saturated carbocycles. The zero-order valence-corrected chi connectivity index (χ0v) is 72.6. The van der Waals surface area contributed by atoms with Crippen molar-refractivity contribution in [2.24, 2.45) is 17.4 Å². The molecule has 2 rings (SSSR count). The molecule has 0 radical (unpaired) electrons. The van der Waals surface area contributed by atoms with Crippen LogP contribution in [-0.2, 0) is 142 Å². The lowest BCUT2D eigenvalue weighted by atomic mass is 10.0. The third-order valence-electron chi connectivity index (χ3n) is 16.7. The summed E-state index contributed by atoms with van der Waals surface area (Å²) in [6.07, 6.45) is 3.57. The summed E-state index contributed by atoms with van der Waals surface area (Å²) < 4.78 is 132. The molecule has 0 aliphatic carbocycles. The lowest BCUT2D eigenvalue weighted by molar-refractivity contribution is -0.145. The molecule has 0 unspecified atom stereocenters. The van der Waals surface area contributed by atoms with E-state index in [0.29, 0.717) is 322 Å². The highest BCUT2D eigenvalue weighted by Gasteiger charge is 2.37. The van der Waals surface area contributed by atoms with Crippen molar-refractivity contribution in [2.75, 3.05) is 335 Å². The number of benzene rings is 1. The molecule has 1 aromatic carbocycles. The minimum Gasteiger partial charge on any atom is -0.447 e. The zero-order valence-electron chi connectivity index (χ0n) is 72.6. The fourth-order valence-electron chi connectivity index (χ4n) is 10.3. The molecule has 122 heavy (non-hydrogen) atoms. The van der Waals surface area contributed by atoms with Crippen molar-refractivity contribution in [2.45, 2.75) is 90.4 Å². The Bertz CT molecular complexity index is 2730. The number of rotatable bonds is 91. The molecular formula is C81H145N9O32. The minimum atomic E-state index is -1.38. The topological polar surface area (TPSA) is 486 Å². The molecule has 0 fully saturated rings. The van der Waals surface area contributed by atoms with Crippen LogP contribution in [0.15, 0.2) is 36.4 Å². The average Bonchev–Trinajstić information content (AvgIpc) is 1.66. The smallest absolute Gasteiger partial charge is 0.411 e. The summed E-state index contributed by atoms with van der Waals surface area (Å²) in [6.45, 7) is 27.3. The SMILES string of the molecule is Cc1ccc(NC(=O)OCCOCCOCCOCCOCCOCCOCCOCCOCCOCCOCCOCCOCCOCCOCCOCCOCCOCCOCCOCCOCCOCCOCCOCCC(=O)NCCCC[C@H](NC(=O)[C@H](CN)N2C(=O)C=CC2=O)C(=O)N[C@H](C(=O)N[C@@H](C)CCCNC(N)=O)C(C)C)cc1. The molecule has 0 spiro atoms. The molecule has 0 aromatic heterocycles. The number of nitrogens with one attached hydrogen (secondary N) is 6. The summed E-state index contributed by atoms with van der Waals surface area (Å²) in [7, 11) is 0. The summed E-state index contributed by atoms with van der Waals surface area (Å²) in [4.78, 5) is 101. The first-order chi connectivity index (χ1) is 59.6. The summed E-state index contributed by atoms with van der Waals surface area (Å²) in [5.41, 5.74) is 12.7. The van der Waals surface area contributed by atoms with Crippen molar-refractivity contribution in [3.8, 4) is 0 Å². The summed E-state index contributed by atoms with van der Waals surface area (Å²) in [6, 6.07) is 2.93. The summed E-state index contributed by atoms with van der Waals surface area (Å²) in [5.74, 6) is -3.98. The van der Waals surface area contributed by atoms with Gasteiger partial charge in [0.2, 0.25) is 23.6 Å². The molecular weight excluding hydrogens is 1610 g/mol. The fourth-order valence-corrected chi connectivity index (χ4v) is 10.3. The molecule has 4 atom stereocenters. The predicted octanol–water partition coefficient (Wildman–Crippen LogP) is 0.433. The molecule has 1 aromatic rings. The molecule has 41 heteroatoms. The lowest BCUT2D eigenvalue weighted by Crippen LogP contribution is -2.59. The number of nitrogens with two attached hydrogens (primary N) is 2. The van der Waals surface area contributed by atoms with Crippen molar-refractivity contribution < 1.29 is 152 Å². The highest BCUT2D eigenvalue weighted by atomic mass is 16.6. The molecule has 1 aliphatic rings. The number of primary amides is 1. The van der Waals surface area contributed by atoms with Gasteiger partial charge >= 0.3 is 12.1 Å². The number of carbonyl (C=O) groups is 8. The quantitative estimate of drug-likeness (QED) is 0.0324. The van der Waals surface area contributed by atoms with Crippen LogP contribution in [0.5, 0.6) is 0 Å². The fraction of sp³-hybridized carbons (Fsp3) is 0.802. The number of urea groups is 1. The molecule has 1 heterocycles. The van der Waals surface area contributed by atoms with Crippen LogP contribution in [0.4, 0.5) is 15.3 Å². The largest absolute Gasteiger partial charge is 0.447 e. The average molecular weight is 1760 g/mol. The number of amides is 9. The molecule has 9 amide bonds. The number of unbranched alkanes of at least 4 members (excludes halogenated alkanes) is 1. The first-order valence-corrected chi connectivity index (χ1v) is 42.4. The summed E-state index contributed by atoms with van der Waals surface area (Å²) in [5, 5.41) is 16.2. The van der Waals surface area contributed by atoms with Crippen LogP contribution in [0, 0.1) is 12.8 Å². The molecule has 41 nitrogen and oxygen atoms in total. The Labute approximate surface area is 719 Å². The van der Waals surface area contributed by atoms with Gasteiger partial charge in [-0.05, 0) is 64.0 Å². The Balaban J connectivity index is 1.21. The van der Waals surface area contributed by atoms with Gasteiger partial charge in [0.1, 0.15) is 24.7 Å². The predicted molar refractivity (Wildman–Crippen MR) is 443 cm³/mol. The molecule has 706 valence electrons. The van der Waals surface area contributed by atoms with Crippen LogP contribution in [0.3, 0.4) is 0 Å². The second-order valence-corrected chi connectivity index (χ2v) is 27.1. The van der Waals surface area contributed by atoms with E-state index in [9.17, 15) is 38.4 Å². The zero-order chi connectivity index (χ0) is 88.3. The second-order valence-electron chi connectivity index (χ2n) is 27.1. The highest BCUT2D eigenvalue weighted by molar-refractivity contribution is 6.15. The van der Waals surface area contributed by atoms with E-state index >= 15 is 0 Å². The van der Waals surface area contributed by atoms with E-state index in [1.807, 2.05) is 31.2 Å². The van der Waals surface area contributed by atoms with Gasteiger partial charge in [0.05, 0.1) is 304 Å². The van der Waals surface area contributed by atoms with E-state index in [1.54, 1.807) is 20.8 Å². The van der Waals surface area contributed by atoms with E-state index in [-0.39, 0.29) is 63.7 Å². The van der Waals surface area contributed by atoms with E-state index in [4.69, 9.17) is 125 Å². The van der Waals surface area contributed by atoms with Crippen molar-refractivity contribution in [3.05, 3.63) is 42.0 Å². The van der Waals surface area contributed by atoms with Gasteiger partial charge in [0, 0.05) is 49.9 Å². The third kappa shape index (κ3) is 68.8. The number of anilines is 1. The Morgan fingerprint density at radius 3 is 0.959 bits per heavy atom. The minimum absolute atomic E-state index is 0.0864. The maximum Gasteiger partial charge on any atom is 0.411 e. The monoisotopic (exact) mass is 1760 g/mol. The molecule has 1 aliphatic heterocycles. The maximum absolute atomic E-state index is 13.8. The molecule has 0 saturated heterocycles. The number of carbonyl (C=O) groups excluding carboxylic acids is 8. The molecule has 10 N–H and O–H groups in total. The van der Waals surface area contributed by atoms with Crippen LogP contribution >= 0.6 is 0 Å². The van der Waals surface area contributed by atoms with Gasteiger partial charge in [0.25, 0.3) is 11.8 Å². The van der Waals surface area contributed by atoms with Gasteiger partial charge < -0.3 is 152 Å². The first kappa shape index (κ1) is 112. The Morgan fingerprint density at radius 1 is 0.352 bits per heavy atom. The van der Waals surface area contributed by atoms with Crippen LogP contribution < -0.4 is 43.4 Å². The normalized spacial score (nSPS) is 13.1. The van der Waals surface area contributed by atoms with Gasteiger partial charge in [-0.15, -0.1) is 0 Å². The number of nitrogens with zero attached hydrogens (tertiary/aromatic N) is 1. The van der Waals surface area contributed by atoms with Gasteiger partial charge in [-0.2, -0.15) is 0 Å². The van der Waals surface area contributed by atoms with Crippen molar-refractivity contribution in [1.29, 1.82) is 0 Å². The van der Waals surface area contributed by atoms with Crippen molar-refractivity contribution in [1.82, 2.24) is 31.5 Å². The van der Waals surface area contributed by atoms with Crippen molar-refractivity contribution in [3.63, 3.8) is 0 Å². The van der Waals surface area contributed by atoms with Crippen LogP contribution in [-0.4, -0.2) is 407 Å². The van der Waals surface area contributed by atoms with Gasteiger partial charge in [0.15, 0.2) is 0 Å². The van der Waals surface area contributed by atoms with Gasteiger partial charge in [-0.3, -0.25) is 39.0 Å². The molecule has 0 bridgehead atoms. The number of aryl methyl sites for hydroxylation is 1. The number of imide groups is 1. The summed E-state index contributed by atoms with van der Waals surface area (Å²) >= 11 is 0. The van der Waals surface area contributed by atoms with Crippen LogP contribution in [0.2, 0.25) is 0 Å². The van der Waals surface area contributed by atoms with E-state index in [1.165, 1.54) is 0 Å². The lowest BCUT2D eigenvalue weighted by Gasteiger charge is -2.29. The number of hydrogen-bond acceptors (Lipinski definition) is 33. The van der Waals surface area contributed by atoms with Gasteiger partial charge in [-0.1, -0.05) is 31.5 Å². The first-order valence-electron chi connectivity index (χ1n) is 42.4. The number of ether oxygens (including phenoxy) is 24. The van der Waals surface area contributed by atoms with E-state index < -0.39 is 66.3 Å². The highest BCUT2D eigenvalue weighted by Crippen LogP contribution is 2.13. The van der Waals surface area contributed by atoms with Gasteiger partial charge in [-0.25, -0.2) is 9.59 Å². The third-order valence-corrected chi connectivity index (χ3v) is 16.7. The standard InChI is InChI=1S/C81H145N9O32/c1-67(2)76(79(96)86-69(4)8-7-18-85-80(83)97)89-77(94)71(88-78(95)72(66-82)90-74(92)14-15-75(90)93)9-5-6-17-84-73(91)16-19-99-20-21-100-22-23-101-24-25-102-26-27-103-28-29-104-30-31-105-32-33-106-34-35-107-36-37-108-38-39-109-40-41-110-42-43-111-44-45-112-46-47-113-48-49-114-50-51-115-52-53-116-54-55-117-56-57-118-58-59-119-60-61-120-62-63-121-64-65-122-81(98)87-70-12-10-68(3)11-13-70/h10-15,67,69,71-72,76H,5-9,16-66,82H2,1-4H3,(H,84,91)(H,86,96)(H,87,98)(H,88,95)(H,89,94)(H3,83,85,97)/t69-,71-,72-,76-/m0/s1. The maximum atomic E-state index is 13.8. The van der Waals surface area contributed by atoms with Crippen LogP contribution in [0.25, 0.3) is 0 Å². The van der Waals surface area contributed by atoms with E-state index in [2.05, 4.69) is 31.9 Å².